The highest BCUT2D eigenvalue weighted by Crippen LogP contribution is 2.45. The summed E-state index contributed by atoms with van der Waals surface area (Å²) >= 11 is 13.9. The zero-order chi connectivity index (χ0) is 41.1. The zero-order valence-electron chi connectivity index (χ0n) is 31.9. The van der Waals surface area contributed by atoms with Crippen molar-refractivity contribution in [3.05, 3.63) is 86.9 Å². The van der Waals surface area contributed by atoms with Crippen molar-refractivity contribution < 1.29 is 41.0 Å². The SMILES string of the molecule is COc1nc(-c2cccc(-c3cccc4c3CC[C@@H]4Oc3nc(OC)c(CN4CC[C@@H](C(=O)NS(=O)(=O)C(F)F)C4)cc3Cl)c2Cl)ccc1CNC[C@@H]1CCC(=O)C1. The molecule has 1 saturated heterocycles. The van der Waals surface area contributed by atoms with Crippen molar-refractivity contribution in [2.45, 2.75) is 63.5 Å². The number of sulfonamides is 1. The Balaban J connectivity index is 1.04. The maximum Gasteiger partial charge on any atom is 0.355 e. The number of ketones is 1. The summed E-state index contributed by atoms with van der Waals surface area (Å²) in [6.45, 7) is 2.17. The fraction of sp³-hybridized carbons (Fsp3) is 0.415. The van der Waals surface area contributed by atoms with Gasteiger partial charge in [0.2, 0.25) is 23.5 Å². The number of hydrogen-bond donors (Lipinski definition) is 2. The minimum Gasteiger partial charge on any atom is -0.481 e. The van der Waals surface area contributed by atoms with Gasteiger partial charge in [-0.1, -0.05) is 65.7 Å². The summed E-state index contributed by atoms with van der Waals surface area (Å²) in [7, 11) is -1.97. The van der Waals surface area contributed by atoms with Crippen LogP contribution in [0.25, 0.3) is 22.4 Å². The van der Waals surface area contributed by atoms with E-state index in [1.165, 1.54) is 11.8 Å². The van der Waals surface area contributed by atoms with Crippen LogP contribution >= 0.6 is 23.2 Å². The number of methoxy groups -OCH3 is 2. The van der Waals surface area contributed by atoms with Crippen LogP contribution in [-0.4, -0.2) is 74.6 Å². The lowest BCUT2D eigenvalue weighted by molar-refractivity contribution is -0.123. The number of aromatic nitrogens is 2. The maximum absolute atomic E-state index is 12.8. The van der Waals surface area contributed by atoms with E-state index in [-0.39, 0.29) is 42.4 Å². The van der Waals surface area contributed by atoms with Gasteiger partial charge in [-0.3, -0.25) is 14.5 Å². The van der Waals surface area contributed by atoms with E-state index in [0.29, 0.717) is 72.6 Å². The van der Waals surface area contributed by atoms with Gasteiger partial charge in [-0.15, -0.1) is 0 Å². The first-order valence-electron chi connectivity index (χ1n) is 19.0. The van der Waals surface area contributed by atoms with Crippen LogP contribution in [0.5, 0.6) is 17.6 Å². The molecule has 308 valence electrons. The second-order valence-corrected chi connectivity index (χ2v) is 17.2. The highest BCUT2D eigenvalue weighted by molar-refractivity contribution is 7.90. The standard InChI is InChI=1S/C41H43Cl2F2N5O7S/c1-55-38-24(20-46-19-23-9-11-27(51)17-23)10-13-34(47-38)32-8-4-7-31(36(32)43)28-5-3-6-30-29(28)12-14-35(30)57-40-33(42)18-26(39(48-40)56-2)22-50-16-15-25(21-50)37(52)49-58(53,54)41(44)45/h3-8,10,13,18,23,25,35,41,46H,9,11-12,14-17,19-22H2,1-2H3,(H,49,52)/t23-,25-,35+/m1/s1. The molecule has 2 aromatic carbocycles. The first-order valence-corrected chi connectivity index (χ1v) is 21.3. The third-order valence-corrected chi connectivity index (χ3v) is 12.6. The molecule has 1 saturated carbocycles. The van der Waals surface area contributed by atoms with E-state index in [2.05, 4.69) is 10.3 Å². The minimum absolute atomic E-state index is 0.151. The van der Waals surface area contributed by atoms with Crippen LogP contribution in [0.15, 0.2) is 54.6 Å². The highest BCUT2D eigenvalue weighted by atomic mass is 35.5. The number of hydrogen-bond acceptors (Lipinski definition) is 11. The Hall–Kier alpha value is -4.41. The van der Waals surface area contributed by atoms with Gasteiger partial charge >= 0.3 is 5.76 Å². The van der Waals surface area contributed by atoms with Gasteiger partial charge in [0.05, 0.1) is 30.9 Å². The summed E-state index contributed by atoms with van der Waals surface area (Å²) in [5.41, 5.74) is 6.87. The Morgan fingerprint density at radius 1 is 0.931 bits per heavy atom. The number of carbonyl (C=O) groups is 2. The quantitative estimate of drug-likeness (QED) is 0.126. The molecule has 7 rings (SSSR count). The summed E-state index contributed by atoms with van der Waals surface area (Å²) in [6, 6.07) is 17.5. The molecule has 2 fully saturated rings. The maximum atomic E-state index is 12.8. The molecule has 3 atom stereocenters. The van der Waals surface area contributed by atoms with Gasteiger partial charge in [-0.05, 0) is 73.5 Å². The molecule has 1 aliphatic heterocycles. The van der Waals surface area contributed by atoms with Gasteiger partial charge in [0.25, 0.3) is 10.0 Å². The molecule has 0 unspecified atom stereocenters. The van der Waals surface area contributed by atoms with Gasteiger partial charge in [-0.2, -0.15) is 13.8 Å². The topological polar surface area (TPSA) is 149 Å². The summed E-state index contributed by atoms with van der Waals surface area (Å²) < 4.78 is 67.7. The number of nitrogens with one attached hydrogen (secondary N) is 2. The van der Waals surface area contributed by atoms with Crippen LogP contribution in [-0.2, 0) is 39.1 Å². The zero-order valence-corrected chi connectivity index (χ0v) is 34.2. The summed E-state index contributed by atoms with van der Waals surface area (Å²) in [5.74, 6) is -3.79. The van der Waals surface area contributed by atoms with Crippen LogP contribution in [0.3, 0.4) is 0 Å². The lowest BCUT2D eigenvalue weighted by Gasteiger charge is -2.20. The molecule has 2 N–H and O–H groups in total. The molecule has 17 heteroatoms. The van der Waals surface area contributed by atoms with Gasteiger partial charge in [0.15, 0.2) is 0 Å². The molecule has 2 aliphatic carbocycles. The van der Waals surface area contributed by atoms with E-state index in [4.69, 9.17) is 42.4 Å². The van der Waals surface area contributed by atoms with Crippen molar-refractivity contribution in [1.82, 2.24) is 24.9 Å². The second kappa shape index (κ2) is 17.8. The van der Waals surface area contributed by atoms with Crippen LogP contribution < -0.4 is 24.2 Å². The van der Waals surface area contributed by atoms with Crippen molar-refractivity contribution in [2.75, 3.05) is 33.9 Å². The third kappa shape index (κ3) is 9.08. The Morgan fingerprint density at radius 3 is 2.41 bits per heavy atom. The molecule has 58 heavy (non-hydrogen) atoms. The van der Waals surface area contributed by atoms with E-state index in [9.17, 15) is 26.8 Å². The number of ether oxygens (including phenoxy) is 3. The first-order chi connectivity index (χ1) is 27.8. The first kappa shape index (κ1) is 41.7. The van der Waals surface area contributed by atoms with Crippen LogP contribution in [0.4, 0.5) is 8.78 Å². The molecule has 0 bridgehead atoms. The highest BCUT2D eigenvalue weighted by Gasteiger charge is 2.35. The monoisotopic (exact) mass is 857 g/mol. The second-order valence-electron chi connectivity index (χ2n) is 14.8. The molecule has 2 aromatic heterocycles. The number of alkyl halides is 2. The fourth-order valence-corrected chi connectivity index (χ4v) is 9.12. The third-order valence-electron chi connectivity index (χ3n) is 11.0. The molecule has 3 aliphatic rings. The van der Waals surface area contributed by atoms with Gasteiger partial charge in [0.1, 0.15) is 16.9 Å². The van der Waals surface area contributed by atoms with Crippen molar-refractivity contribution >= 4 is 44.9 Å². The molecule has 4 aromatic rings. The van der Waals surface area contributed by atoms with Crippen molar-refractivity contribution in [2.24, 2.45) is 11.8 Å². The Bertz CT molecular complexity index is 2320. The number of rotatable bonds is 15. The lowest BCUT2D eigenvalue weighted by atomic mass is 9.94. The summed E-state index contributed by atoms with van der Waals surface area (Å²) in [5, 5.41) is 4.26. The number of fused-ring (bicyclic) bond motifs is 1. The number of nitrogens with zero attached hydrogens (tertiary/aromatic N) is 3. The predicted octanol–water partition coefficient (Wildman–Crippen LogP) is 7.15. The van der Waals surface area contributed by atoms with E-state index in [0.717, 1.165) is 46.3 Å². The molecule has 0 radical (unpaired) electrons. The number of Topliss-reactive ketones (excluding diaryl/α,β-unsaturated/α-hetero) is 1. The fourth-order valence-electron chi connectivity index (χ4n) is 8.04. The largest absolute Gasteiger partial charge is 0.481 e. The van der Waals surface area contributed by atoms with Crippen LogP contribution in [0.2, 0.25) is 10.0 Å². The smallest absolute Gasteiger partial charge is 0.355 e. The number of halogens is 4. The average molecular weight is 859 g/mol. The molecule has 1 amide bonds. The number of likely N-dealkylation sites (tertiary alicyclic amines) is 1. The van der Waals surface area contributed by atoms with Crippen molar-refractivity contribution in [1.29, 1.82) is 0 Å². The molecule has 0 spiro atoms. The molecule has 3 heterocycles. The van der Waals surface area contributed by atoms with E-state index < -0.39 is 27.6 Å². The van der Waals surface area contributed by atoms with E-state index in [1.54, 1.807) is 13.2 Å². The predicted molar refractivity (Wildman–Crippen MR) is 215 cm³/mol. The number of carbonyl (C=O) groups excluding carboxylic acids is 2. The molecule has 12 nitrogen and oxygen atoms in total. The number of pyridine rings is 2. The Kier molecular flexibility index (Phi) is 12.8. The van der Waals surface area contributed by atoms with E-state index >= 15 is 0 Å². The normalized spacial score (nSPS) is 19.4. The molecular weight excluding hydrogens is 815 g/mol. The lowest BCUT2D eigenvalue weighted by Crippen LogP contribution is -2.39. The minimum atomic E-state index is -5.03. The van der Waals surface area contributed by atoms with Crippen molar-refractivity contribution in [3.8, 4) is 40.0 Å². The van der Waals surface area contributed by atoms with Crippen molar-refractivity contribution in [3.63, 3.8) is 0 Å². The Morgan fingerprint density at radius 2 is 1.67 bits per heavy atom. The number of amides is 1. The van der Waals surface area contributed by atoms with Crippen LogP contribution in [0.1, 0.15) is 60.5 Å². The van der Waals surface area contributed by atoms with E-state index in [1.807, 2.05) is 53.4 Å². The number of benzene rings is 2. The van der Waals surface area contributed by atoms with Crippen LogP contribution in [0, 0.1) is 11.8 Å². The summed E-state index contributed by atoms with van der Waals surface area (Å²) in [6.07, 6.45) is 3.53. The average Bonchev–Trinajstić information content (AvgIpc) is 3.96. The van der Waals surface area contributed by atoms with Gasteiger partial charge in [-0.25, -0.2) is 18.1 Å². The Labute approximate surface area is 345 Å². The van der Waals surface area contributed by atoms with Gasteiger partial charge in [0, 0.05) is 54.7 Å². The summed E-state index contributed by atoms with van der Waals surface area (Å²) in [4.78, 5) is 35.3. The molecular formula is C41H43Cl2F2N5O7S. The van der Waals surface area contributed by atoms with Gasteiger partial charge < -0.3 is 19.5 Å².